The third-order valence-electron chi connectivity index (χ3n) is 7.98. The van der Waals surface area contributed by atoms with Gasteiger partial charge in [-0.2, -0.15) is 0 Å². The Morgan fingerprint density at radius 1 is 0.475 bits per heavy atom. The highest BCUT2D eigenvalue weighted by Crippen LogP contribution is 2.40. The molecule has 3 heterocycles. The third kappa shape index (κ3) is 2.96. The fraction of sp³-hybridized carbons (Fsp3) is 0. The molecule has 0 N–H and O–H groups in total. The molecule has 0 saturated heterocycles. The van der Waals surface area contributed by atoms with Crippen LogP contribution < -0.4 is 0 Å². The Kier molecular flexibility index (Phi) is 4.30. The molecular formula is C36H21N3O. The molecule has 3 aromatic heterocycles. The monoisotopic (exact) mass is 511 g/mol. The van der Waals surface area contributed by atoms with Crippen LogP contribution in [0.2, 0.25) is 0 Å². The highest BCUT2D eigenvalue weighted by atomic mass is 16.3. The number of furan rings is 1. The molecule has 0 aliphatic carbocycles. The molecule has 0 atom stereocenters. The van der Waals surface area contributed by atoms with Crippen LogP contribution in [0.5, 0.6) is 0 Å². The summed E-state index contributed by atoms with van der Waals surface area (Å²) in [5.74, 6) is 0.803. The predicted molar refractivity (Wildman–Crippen MR) is 164 cm³/mol. The van der Waals surface area contributed by atoms with Crippen molar-refractivity contribution in [2.45, 2.75) is 0 Å². The molecule has 40 heavy (non-hydrogen) atoms. The largest absolute Gasteiger partial charge is 0.456 e. The minimum Gasteiger partial charge on any atom is -0.456 e. The lowest BCUT2D eigenvalue weighted by atomic mass is 10.0. The molecule has 0 amide bonds. The van der Waals surface area contributed by atoms with Gasteiger partial charge in [0, 0.05) is 33.2 Å². The quantitative estimate of drug-likeness (QED) is 0.232. The fourth-order valence-corrected chi connectivity index (χ4v) is 6.17. The summed E-state index contributed by atoms with van der Waals surface area (Å²) >= 11 is 0. The Morgan fingerprint density at radius 2 is 1.18 bits per heavy atom. The predicted octanol–water partition coefficient (Wildman–Crippen LogP) is 9.45. The average Bonchev–Trinajstić information content (AvgIpc) is 3.54. The molecule has 0 fully saturated rings. The number of aromatic nitrogens is 3. The van der Waals surface area contributed by atoms with Gasteiger partial charge in [0.2, 0.25) is 0 Å². The summed E-state index contributed by atoms with van der Waals surface area (Å²) in [7, 11) is 0. The van der Waals surface area contributed by atoms with Crippen molar-refractivity contribution in [2.24, 2.45) is 0 Å². The van der Waals surface area contributed by atoms with Crippen LogP contribution >= 0.6 is 0 Å². The second-order valence-corrected chi connectivity index (χ2v) is 10.2. The molecule has 0 bridgehead atoms. The van der Waals surface area contributed by atoms with Gasteiger partial charge < -0.3 is 4.42 Å². The molecule has 186 valence electrons. The molecule has 9 rings (SSSR count). The first-order chi connectivity index (χ1) is 19.8. The average molecular weight is 512 g/mol. The Hall–Kier alpha value is -5.48. The zero-order valence-electron chi connectivity index (χ0n) is 21.4. The van der Waals surface area contributed by atoms with Crippen molar-refractivity contribution in [2.75, 3.05) is 0 Å². The number of hydrogen-bond acceptors (Lipinski definition) is 3. The molecule has 0 radical (unpaired) electrons. The highest BCUT2D eigenvalue weighted by molar-refractivity contribution is 6.17. The second-order valence-electron chi connectivity index (χ2n) is 10.2. The van der Waals surface area contributed by atoms with E-state index in [9.17, 15) is 0 Å². The molecule has 0 unspecified atom stereocenters. The number of nitrogens with zero attached hydrogens (tertiary/aromatic N) is 3. The number of fused-ring (bicyclic) bond motifs is 8. The van der Waals surface area contributed by atoms with Crippen LogP contribution in [0.25, 0.3) is 82.6 Å². The van der Waals surface area contributed by atoms with Gasteiger partial charge in [-0.3, -0.25) is 4.57 Å². The third-order valence-corrected chi connectivity index (χ3v) is 7.98. The van der Waals surface area contributed by atoms with Crippen molar-refractivity contribution in [1.82, 2.24) is 14.5 Å². The van der Waals surface area contributed by atoms with E-state index in [2.05, 4.69) is 95.6 Å². The van der Waals surface area contributed by atoms with Crippen molar-refractivity contribution in [3.05, 3.63) is 127 Å². The summed E-state index contributed by atoms with van der Waals surface area (Å²) in [6.07, 6.45) is 0. The van der Waals surface area contributed by atoms with Crippen LogP contribution in [0.15, 0.2) is 132 Å². The Labute approximate surface area is 228 Å². The minimum absolute atomic E-state index is 0.803. The van der Waals surface area contributed by atoms with E-state index in [0.717, 1.165) is 71.9 Å². The van der Waals surface area contributed by atoms with Gasteiger partial charge in [-0.15, -0.1) is 0 Å². The van der Waals surface area contributed by atoms with Gasteiger partial charge >= 0.3 is 0 Å². The van der Waals surface area contributed by atoms with Gasteiger partial charge in [-0.25, -0.2) is 9.97 Å². The van der Waals surface area contributed by atoms with E-state index >= 15 is 0 Å². The van der Waals surface area contributed by atoms with Crippen LogP contribution in [0.3, 0.4) is 0 Å². The van der Waals surface area contributed by atoms with E-state index in [0.29, 0.717) is 0 Å². The molecule has 0 saturated carbocycles. The smallest absolute Gasteiger partial charge is 0.165 e. The second kappa shape index (κ2) is 8.01. The SMILES string of the molecule is c1ccc2c(-c3nc4ccccc4nc3-n3c4ccccc4c4cc5c(cc43)oc3ccccc35)cccc2c1. The van der Waals surface area contributed by atoms with Crippen LogP contribution in [0, 0.1) is 0 Å². The fourth-order valence-electron chi connectivity index (χ4n) is 6.17. The summed E-state index contributed by atoms with van der Waals surface area (Å²) in [5, 5.41) is 6.89. The topological polar surface area (TPSA) is 43.9 Å². The molecule has 6 aromatic carbocycles. The minimum atomic E-state index is 0.803. The van der Waals surface area contributed by atoms with E-state index in [1.165, 1.54) is 10.8 Å². The maximum Gasteiger partial charge on any atom is 0.165 e. The van der Waals surface area contributed by atoms with Crippen molar-refractivity contribution in [3.63, 3.8) is 0 Å². The standard InChI is InChI=1S/C36H21N3O/c1-2-12-23-22(10-1)11-9-15-26(23)35-36(38-30-17-6-5-16-29(30)37-35)39-31-18-7-3-13-24(31)27-20-28-25-14-4-8-19-33(25)40-34(28)21-32(27)39/h1-21H. The first kappa shape index (κ1) is 21.5. The molecule has 4 nitrogen and oxygen atoms in total. The van der Waals surface area contributed by atoms with Gasteiger partial charge in [-0.1, -0.05) is 91.0 Å². The van der Waals surface area contributed by atoms with Gasteiger partial charge in [-0.05, 0) is 41.1 Å². The van der Waals surface area contributed by atoms with Gasteiger partial charge in [0.1, 0.15) is 16.9 Å². The summed E-state index contributed by atoms with van der Waals surface area (Å²) in [6, 6.07) is 44.1. The summed E-state index contributed by atoms with van der Waals surface area (Å²) in [4.78, 5) is 10.5. The Morgan fingerprint density at radius 3 is 2.08 bits per heavy atom. The van der Waals surface area contributed by atoms with E-state index in [-0.39, 0.29) is 0 Å². The zero-order chi connectivity index (χ0) is 26.2. The normalized spacial score (nSPS) is 12.0. The number of benzene rings is 6. The summed E-state index contributed by atoms with van der Waals surface area (Å²) in [5.41, 5.74) is 7.51. The van der Waals surface area contributed by atoms with Crippen LogP contribution in [-0.2, 0) is 0 Å². The molecular weight excluding hydrogens is 490 g/mol. The number of para-hydroxylation sites is 4. The van der Waals surface area contributed by atoms with Gasteiger partial charge in [0.25, 0.3) is 0 Å². The maximum atomic E-state index is 6.34. The van der Waals surface area contributed by atoms with E-state index in [1.54, 1.807) is 0 Å². The molecule has 0 aliphatic heterocycles. The van der Waals surface area contributed by atoms with E-state index < -0.39 is 0 Å². The van der Waals surface area contributed by atoms with Crippen LogP contribution in [-0.4, -0.2) is 14.5 Å². The number of rotatable bonds is 2. The first-order valence-corrected chi connectivity index (χ1v) is 13.4. The van der Waals surface area contributed by atoms with Crippen molar-refractivity contribution >= 4 is 65.6 Å². The summed E-state index contributed by atoms with van der Waals surface area (Å²) in [6.45, 7) is 0. The van der Waals surface area contributed by atoms with Crippen molar-refractivity contribution in [1.29, 1.82) is 0 Å². The first-order valence-electron chi connectivity index (χ1n) is 13.4. The molecule has 0 aliphatic rings. The number of hydrogen-bond donors (Lipinski definition) is 0. The lowest BCUT2D eigenvalue weighted by Crippen LogP contribution is -2.04. The lowest BCUT2D eigenvalue weighted by Gasteiger charge is -2.15. The van der Waals surface area contributed by atoms with Crippen LogP contribution in [0.1, 0.15) is 0 Å². The lowest BCUT2D eigenvalue weighted by molar-refractivity contribution is 0.669. The van der Waals surface area contributed by atoms with Crippen molar-refractivity contribution in [3.8, 4) is 17.1 Å². The zero-order valence-corrected chi connectivity index (χ0v) is 21.4. The van der Waals surface area contributed by atoms with E-state index in [4.69, 9.17) is 14.4 Å². The van der Waals surface area contributed by atoms with Crippen LogP contribution in [0.4, 0.5) is 0 Å². The van der Waals surface area contributed by atoms with Gasteiger partial charge in [0.05, 0.1) is 22.1 Å². The van der Waals surface area contributed by atoms with Crippen molar-refractivity contribution < 1.29 is 4.42 Å². The van der Waals surface area contributed by atoms with Gasteiger partial charge in [0.15, 0.2) is 5.82 Å². The Balaban J connectivity index is 1.47. The Bertz CT molecular complexity index is 2440. The maximum absolute atomic E-state index is 6.34. The molecule has 4 heteroatoms. The molecule has 9 aromatic rings. The van der Waals surface area contributed by atoms with E-state index in [1.807, 2.05) is 36.4 Å². The highest BCUT2D eigenvalue weighted by Gasteiger charge is 2.21. The summed E-state index contributed by atoms with van der Waals surface area (Å²) < 4.78 is 8.60. The molecule has 0 spiro atoms.